The zero-order valence-corrected chi connectivity index (χ0v) is 9.12. The molecule has 0 radical (unpaired) electrons. The van der Waals surface area contributed by atoms with Gasteiger partial charge in [0.25, 0.3) is 0 Å². The van der Waals surface area contributed by atoms with Crippen LogP contribution in [-0.4, -0.2) is 38.0 Å². The number of Topliss-reactive ketones (excluding diaryl/α,β-unsaturated/α-hetero) is 1. The Morgan fingerprint density at radius 1 is 1.29 bits per heavy atom. The number of aryl methyl sites for hydroxylation is 1. The predicted octanol–water partition coefficient (Wildman–Crippen LogP) is -0.331. The molecule has 1 amide bonds. The van der Waals surface area contributed by atoms with Crippen LogP contribution in [0.2, 0.25) is 0 Å². The van der Waals surface area contributed by atoms with E-state index in [-0.39, 0.29) is 24.7 Å². The average Bonchev–Trinajstić information content (AvgIpc) is 2.83. The van der Waals surface area contributed by atoms with Crippen molar-refractivity contribution in [3.05, 3.63) is 12.5 Å². The third-order valence-corrected chi connectivity index (χ3v) is 2.75. The maximum atomic E-state index is 11.7. The Kier molecular flexibility index (Phi) is 1.94. The van der Waals surface area contributed by atoms with E-state index in [0.29, 0.717) is 16.9 Å². The van der Waals surface area contributed by atoms with E-state index in [2.05, 4.69) is 15.1 Å². The number of ketones is 1. The minimum atomic E-state index is -0.223. The quantitative estimate of drug-likeness (QED) is 0.628. The third kappa shape index (κ3) is 1.39. The first-order chi connectivity index (χ1) is 8.16. The number of hydrogen-bond acceptors (Lipinski definition) is 5. The number of nitrogens with zero attached hydrogens (tertiary/aromatic N) is 5. The highest BCUT2D eigenvalue weighted by atomic mass is 16.2. The number of carbonyl (C=O) groups is 2. The number of rotatable bonds is 1. The summed E-state index contributed by atoms with van der Waals surface area (Å²) in [6.07, 6.45) is 2.92. The molecule has 3 heterocycles. The fourth-order valence-corrected chi connectivity index (χ4v) is 1.94. The van der Waals surface area contributed by atoms with Crippen LogP contribution >= 0.6 is 0 Å². The topological polar surface area (TPSA) is 81.0 Å². The lowest BCUT2D eigenvalue weighted by atomic mass is 10.3. The Labute approximate surface area is 96.1 Å². The highest BCUT2D eigenvalue weighted by Crippen LogP contribution is 2.24. The monoisotopic (exact) mass is 231 g/mol. The minimum absolute atomic E-state index is 0.0498. The Morgan fingerprint density at radius 2 is 2.12 bits per heavy atom. The molecule has 1 saturated heterocycles. The zero-order chi connectivity index (χ0) is 12.0. The van der Waals surface area contributed by atoms with Crippen molar-refractivity contribution < 1.29 is 9.59 Å². The second-order valence-corrected chi connectivity index (χ2v) is 3.90. The van der Waals surface area contributed by atoms with Gasteiger partial charge in [-0.05, 0) is 0 Å². The Bertz CT molecular complexity index is 633. The van der Waals surface area contributed by atoms with Gasteiger partial charge in [0.15, 0.2) is 11.4 Å². The van der Waals surface area contributed by atoms with Gasteiger partial charge in [-0.2, -0.15) is 5.10 Å². The van der Waals surface area contributed by atoms with Crippen molar-refractivity contribution in [2.45, 2.75) is 6.42 Å². The molecule has 2 aromatic rings. The van der Waals surface area contributed by atoms with Crippen LogP contribution in [-0.2, 0) is 16.6 Å². The van der Waals surface area contributed by atoms with Crippen molar-refractivity contribution in [2.75, 3.05) is 11.4 Å². The van der Waals surface area contributed by atoms with Crippen molar-refractivity contribution in [1.29, 1.82) is 0 Å². The molecule has 17 heavy (non-hydrogen) atoms. The largest absolute Gasteiger partial charge is 0.297 e. The van der Waals surface area contributed by atoms with E-state index in [1.807, 2.05) is 0 Å². The molecule has 7 heteroatoms. The molecule has 1 aliphatic heterocycles. The number of aromatic nitrogens is 4. The van der Waals surface area contributed by atoms with Crippen LogP contribution in [0, 0.1) is 0 Å². The fourth-order valence-electron chi connectivity index (χ4n) is 1.94. The van der Waals surface area contributed by atoms with Gasteiger partial charge in [0, 0.05) is 7.05 Å². The summed E-state index contributed by atoms with van der Waals surface area (Å²) in [5, 5.41) is 4.74. The van der Waals surface area contributed by atoms with E-state index in [9.17, 15) is 9.59 Å². The molecule has 1 fully saturated rings. The Hall–Kier alpha value is -2.31. The smallest absolute Gasteiger partial charge is 0.236 e. The number of fused-ring (bicyclic) bond motifs is 1. The first kappa shape index (κ1) is 9.88. The van der Waals surface area contributed by atoms with E-state index >= 15 is 0 Å². The maximum absolute atomic E-state index is 11.7. The van der Waals surface area contributed by atoms with Crippen LogP contribution in [0.5, 0.6) is 0 Å². The van der Waals surface area contributed by atoms with Crippen molar-refractivity contribution in [2.24, 2.45) is 7.05 Å². The first-order valence-electron chi connectivity index (χ1n) is 5.11. The van der Waals surface area contributed by atoms with Crippen molar-refractivity contribution in [1.82, 2.24) is 19.7 Å². The molecule has 86 valence electrons. The average molecular weight is 231 g/mol. The molecule has 7 nitrogen and oxygen atoms in total. The summed E-state index contributed by atoms with van der Waals surface area (Å²) in [4.78, 5) is 32.4. The van der Waals surface area contributed by atoms with Gasteiger partial charge in [0.05, 0.1) is 24.5 Å². The summed E-state index contributed by atoms with van der Waals surface area (Å²) >= 11 is 0. The first-order valence-corrected chi connectivity index (χ1v) is 5.11. The van der Waals surface area contributed by atoms with Crippen LogP contribution in [0.25, 0.3) is 11.0 Å². The summed E-state index contributed by atoms with van der Waals surface area (Å²) in [5.74, 6) is 0.142. The van der Waals surface area contributed by atoms with E-state index < -0.39 is 0 Å². The Balaban J connectivity index is 2.17. The number of hydrogen-bond donors (Lipinski definition) is 0. The third-order valence-electron chi connectivity index (χ3n) is 2.75. The van der Waals surface area contributed by atoms with Gasteiger partial charge in [-0.3, -0.25) is 19.2 Å². The SMILES string of the molecule is Cn1ncc2c(N3CC(=O)CC3=O)ncnc21. The fraction of sp³-hybridized carbons (Fsp3) is 0.300. The van der Waals surface area contributed by atoms with Crippen molar-refractivity contribution >= 4 is 28.5 Å². The van der Waals surface area contributed by atoms with Gasteiger partial charge in [-0.25, -0.2) is 9.97 Å². The van der Waals surface area contributed by atoms with Gasteiger partial charge in [0.2, 0.25) is 5.91 Å². The van der Waals surface area contributed by atoms with Gasteiger partial charge >= 0.3 is 0 Å². The van der Waals surface area contributed by atoms with Gasteiger partial charge in [-0.15, -0.1) is 0 Å². The summed E-state index contributed by atoms with van der Waals surface area (Å²) in [5.41, 5.74) is 0.641. The Morgan fingerprint density at radius 3 is 2.82 bits per heavy atom. The maximum Gasteiger partial charge on any atom is 0.236 e. The molecule has 1 aliphatic rings. The highest BCUT2D eigenvalue weighted by Gasteiger charge is 2.31. The zero-order valence-electron chi connectivity index (χ0n) is 9.12. The summed E-state index contributed by atoms with van der Waals surface area (Å²) in [6.45, 7) is 0.0832. The normalized spacial score (nSPS) is 16.2. The number of carbonyl (C=O) groups excluding carboxylic acids is 2. The second-order valence-electron chi connectivity index (χ2n) is 3.90. The van der Waals surface area contributed by atoms with Crippen molar-refractivity contribution in [3.8, 4) is 0 Å². The lowest BCUT2D eigenvalue weighted by Crippen LogP contribution is -2.25. The molecule has 0 saturated carbocycles. The van der Waals surface area contributed by atoms with Crippen LogP contribution in [0.3, 0.4) is 0 Å². The van der Waals surface area contributed by atoms with Crippen LogP contribution in [0.15, 0.2) is 12.5 Å². The van der Waals surface area contributed by atoms with E-state index in [1.165, 1.54) is 11.2 Å². The molecule has 0 bridgehead atoms. The lowest BCUT2D eigenvalue weighted by Gasteiger charge is -2.13. The number of anilines is 1. The number of amides is 1. The van der Waals surface area contributed by atoms with E-state index in [0.717, 1.165) is 0 Å². The van der Waals surface area contributed by atoms with E-state index in [1.54, 1.807) is 17.9 Å². The standard InChI is InChI=1S/C10H9N5O2/c1-14-9-7(3-13-14)10(12-5-11-9)15-4-6(16)2-8(15)17/h3,5H,2,4H2,1H3. The summed E-state index contributed by atoms with van der Waals surface area (Å²) in [7, 11) is 1.76. The van der Waals surface area contributed by atoms with Gasteiger partial charge in [-0.1, -0.05) is 0 Å². The van der Waals surface area contributed by atoms with E-state index in [4.69, 9.17) is 0 Å². The molecule has 0 atom stereocenters. The molecule has 3 rings (SSSR count). The molecule has 2 aromatic heterocycles. The molecule has 0 N–H and O–H groups in total. The summed E-state index contributed by atoms with van der Waals surface area (Å²) < 4.78 is 1.60. The molecule has 0 aliphatic carbocycles. The molecular formula is C10H9N5O2. The van der Waals surface area contributed by atoms with Gasteiger partial charge < -0.3 is 0 Å². The minimum Gasteiger partial charge on any atom is -0.297 e. The van der Waals surface area contributed by atoms with Gasteiger partial charge in [0.1, 0.15) is 12.1 Å². The van der Waals surface area contributed by atoms with Crippen LogP contribution in [0.4, 0.5) is 5.82 Å². The van der Waals surface area contributed by atoms with Crippen LogP contribution in [0.1, 0.15) is 6.42 Å². The lowest BCUT2D eigenvalue weighted by molar-refractivity contribution is -0.121. The second kappa shape index (κ2) is 3.34. The predicted molar refractivity (Wildman–Crippen MR) is 58.3 cm³/mol. The molecular weight excluding hydrogens is 222 g/mol. The van der Waals surface area contributed by atoms with Crippen molar-refractivity contribution in [3.63, 3.8) is 0 Å². The molecule has 0 spiro atoms. The molecule has 0 aromatic carbocycles. The summed E-state index contributed by atoms with van der Waals surface area (Å²) in [6, 6.07) is 0. The highest BCUT2D eigenvalue weighted by molar-refractivity contribution is 6.16. The molecule has 0 unspecified atom stereocenters. The van der Waals surface area contributed by atoms with Crippen LogP contribution < -0.4 is 4.90 Å².